The van der Waals surface area contributed by atoms with Gasteiger partial charge in [0.05, 0.1) is 17.2 Å². The van der Waals surface area contributed by atoms with Crippen molar-refractivity contribution >= 4 is 5.82 Å². The Bertz CT molecular complexity index is 965. The van der Waals surface area contributed by atoms with Gasteiger partial charge in [0, 0.05) is 36.6 Å². The molecule has 8 nitrogen and oxygen atoms in total. The van der Waals surface area contributed by atoms with Gasteiger partial charge in [-0.2, -0.15) is 5.26 Å². The van der Waals surface area contributed by atoms with E-state index in [4.69, 9.17) is 10.5 Å². The smallest absolute Gasteiger partial charge is 0.224 e. The van der Waals surface area contributed by atoms with Crippen LogP contribution in [0.2, 0.25) is 0 Å². The zero-order valence-corrected chi connectivity index (χ0v) is 15.0. The molecule has 0 aliphatic carbocycles. The van der Waals surface area contributed by atoms with Crippen molar-refractivity contribution in [3.05, 3.63) is 54.1 Å². The number of nitrogens with one attached hydrogen (secondary N) is 1. The van der Waals surface area contributed by atoms with E-state index >= 15 is 0 Å². The number of hydrogen-bond donors (Lipinski definition) is 2. The minimum absolute atomic E-state index is 0.222. The van der Waals surface area contributed by atoms with Crippen LogP contribution in [0.5, 0.6) is 11.6 Å². The number of aromatic nitrogens is 4. The van der Waals surface area contributed by atoms with Crippen LogP contribution in [0.25, 0.3) is 11.4 Å². The van der Waals surface area contributed by atoms with Gasteiger partial charge in [0.25, 0.3) is 0 Å². The molecule has 3 aromatic rings. The number of nitrogens with zero attached hydrogens (tertiary/aromatic N) is 5. The summed E-state index contributed by atoms with van der Waals surface area (Å²) in [6.45, 7) is 4.39. The Morgan fingerprint density at radius 3 is 2.59 bits per heavy atom. The predicted octanol–water partition coefficient (Wildman–Crippen LogP) is 2.88. The third-order valence-corrected chi connectivity index (χ3v) is 3.59. The quantitative estimate of drug-likeness (QED) is 0.687. The molecule has 136 valence electrons. The SMILES string of the molecule is CC(C)Nc1cc(Oc2cc(C#N)ccc2-c2ncc(CN)cn2)ncn1. The van der Waals surface area contributed by atoms with Crippen LogP contribution in [0.15, 0.2) is 43.0 Å². The van der Waals surface area contributed by atoms with Crippen molar-refractivity contribution in [3.8, 4) is 29.1 Å². The van der Waals surface area contributed by atoms with Crippen molar-refractivity contribution in [2.75, 3.05) is 5.32 Å². The van der Waals surface area contributed by atoms with Crippen molar-refractivity contribution in [1.29, 1.82) is 5.26 Å². The van der Waals surface area contributed by atoms with E-state index in [2.05, 4.69) is 31.3 Å². The fourth-order valence-corrected chi connectivity index (χ4v) is 2.34. The number of benzene rings is 1. The maximum Gasteiger partial charge on any atom is 0.224 e. The minimum atomic E-state index is 0.222. The molecule has 3 rings (SSSR count). The summed E-state index contributed by atoms with van der Waals surface area (Å²) in [7, 11) is 0. The highest BCUT2D eigenvalue weighted by molar-refractivity contribution is 5.66. The summed E-state index contributed by atoms with van der Waals surface area (Å²) >= 11 is 0. The first-order valence-electron chi connectivity index (χ1n) is 8.41. The highest BCUT2D eigenvalue weighted by atomic mass is 16.5. The molecule has 0 saturated heterocycles. The molecule has 3 N–H and O–H groups in total. The van der Waals surface area contributed by atoms with Gasteiger partial charge < -0.3 is 15.8 Å². The second-order valence-electron chi connectivity index (χ2n) is 6.08. The van der Waals surface area contributed by atoms with Gasteiger partial charge in [-0.1, -0.05) is 0 Å². The van der Waals surface area contributed by atoms with E-state index in [-0.39, 0.29) is 6.04 Å². The normalized spacial score (nSPS) is 10.5. The third kappa shape index (κ3) is 4.54. The molecule has 27 heavy (non-hydrogen) atoms. The molecule has 2 aromatic heterocycles. The van der Waals surface area contributed by atoms with Crippen LogP contribution >= 0.6 is 0 Å². The van der Waals surface area contributed by atoms with E-state index in [9.17, 15) is 5.26 Å². The van der Waals surface area contributed by atoms with Crippen molar-refractivity contribution in [2.24, 2.45) is 5.73 Å². The fraction of sp³-hybridized carbons (Fsp3) is 0.211. The average Bonchev–Trinajstić information content (AvgIpc) is 2.68. The first kappa shape index (κ1) is 18.2. The Balaban J connectivity index is 1.97. The van der Waals surface area contributed by atoms with Gasteiger partial charge in [-0.25, -0.2) is 19.9 Å². The van der Waals surface area contributed by atoms with Gasteiger partial charge in [0.1, 0.15) is 17.9 Å². The topological polar surface area (TPSA) is 123 Å². The molecule has 0 aliphatic rings. The highest BCUT2D eigenvalue weighted by Crippen LogP contribution is 2.32. The number of ether oxygens (including phenoxy) is 1. The largest absolute Gasteiger partial charge is 0.438 e. The van der Waals surface area contributed by atoms with Crippen LogP contribution in [-0.4, -0.2) is 26.0 Å². The lowest BCUT2D eigenvalue weighted by Gasteiger charge is -2.12. The van der Waals surface area contributed by atoms with Crippen LogP contribution < -0.4 is 15.8 Å². The number of nitrogens with two attached hydrogens (primary N) is 1. The lowest BCUT2D eigenvalue weighted by Crippen LogP contribution is -2.11. The molecular weight excluding hydrogens is 342 g/mol. The molecule has 0 saturated carbocycles. The standard InChI is InChI=1S/C19H19N7O/c1-12(2)26-17-6-18(25-11-24-17)27-16-5-13(7-20)3-4-15(16)19-22-9-14(8-21)10-23-19/h3-6,9-12H,8,21H2,1-2H3,(H,24,25,26). The Morgan fingerprint density at radius 2 is 1.93 bits per heavy atom. The molecule has 0 unspecified atom stereocenters. The summed E-state index contributed by atoms with van der Waals surface area (Å²) in [5.41, 5.74) is 7.53. The Labute approximate surface area is 157 Å². The zero-order chi connectivity index (χ0) is 19.2. The van der Waals surface area contributed by atoms with E-state index in [0.717, 1.165) is 5.56 Å². The van der Waals surface area contributed by atoms with Crippen molar-refractivity contribution in [1.82, 2.24) is 19.9 Å². The maximum atomic E-state index is 9.21. The van der Waals surface area contributed by atoms with Crippen LogP contribution in [0, 0.1) is 11.3 Å². The van der Waals surface area contributed by atoms with Gasteiger partial charge in [-0.15, -0.1) is 0 Å². The maximum absolute atomic E-state index is 9.21. The zero-order valence-electron chi connectivity index (χ0n) is 15.0. The number of hydrogen-bond acceptors (Lipinski definition) is 8. The van der Waals surface area contributed by atoms with Crippen molar-refractivity contribution in [2.45, 2.75) is 26.4 Å². The van der Waals surface area contributed by atoms with Crippen LogP contribution in [0.3, 0.4) is 0 Å². The molecule has 0 radical (unpaired) electrons. The van der Waals surface area contributed by atoms with Crippen LogP contribution in [-0.2, 0) is 6.54 Å². The average molecular weight is 361 g/mol. The van der Waals surface area contributed by atoms with E-state index in [0.29, 0.717) is 40.9 Å². The predicted molar refractivity (Wildman–Crippen MR) is 101 cm³/mol. The number of rotatable bonds is 6. The van der Waals surface area contributed by atoms with E-state index in [1.54, 1.807) is 36.7 Å². The minimum Gasteiger partial charge on any atom is -0.438 e. The summed E-state index contributed by atoms with van der Waals surface area (Å²) in [6.07, 6.45) is 4.75. The lowest BCUT2D eigenvalue weighted by atomic mass is 10.1. The molecule has 0 atom stereocenters. The van der Waals surface area contributed by atoms with Gasteiger partial charge in [0.15, 0.2) is 5.82 Å². The molecule has 0 spiro atoms. The summed E-state index contributed by atoms with van der Waals surface area (Å²) in [6, 6.07) is 9.09. The monoisotopic (exact) mass is 361 g/mol. The lowest BCUT2D eigenvalue weighted by molar-refractivity contribution is 0.463. The second-order valence-corrected chi connectivity index (χ2v) is 6.08. The first-order chi connectivity index (χ1) is 13.1. The first-order valence-corrected chi connectivity index (χ1v) is 8.41. The summed E-state index contributed by atoms with van der Waals surface area (Å²) < 4.78 is 5.94. The van der Waals surface area contributed by atoms with Gasteiger partial charge in [-0.3, -0.25) is 0 Å². The van der Waals surface area contributed by atoms with E-state index < -0.39 is 0 Å². The van der Waals surface area contributed by atoms with Crippen molar-refractivity contribution < 1.29 is 4.74 Å². The Morgan fingerprint density at radius 1 is 1.15 bits per heavy atom. The van der Waals surface area contributed by atoms with Crippen LogP contribution in [0.1, 0.15) is 25.0 Å². The molecule has 0 amide bonds. The molecule has 0 fully saturated rings. The second kappa shape index (κ2) is 8.21. The van der Waals surface area contributed by atoms with Gasteiger partial charge in [0.2, 0.25) is 5.88 Å². The molecule has 0 bridgehead atoms. The highest BCUT2D eigenvalue weighted by Gasteiger charge is 2.13. The molecule has 0 aliphatic heterocycles. The van der Waals surface area contributed by atoms with Crippen LogP contribution in [0.4, 0.5) is 5.82 Å². The Hall–Kier alpha value is -3.57. The summed E-state index contributed by atoms with van der Waals surface area (Å²) in [5, 5.41) is 12.4. The van der Waals surface area contributed by atoms with Gasteiger partial charge in [-0.05, 0) is 32.0 Å². The molecule has 8 heteroatoms. The van der Waals surface area contributed by atoms with Gasteiger partial charge >= 0.3 is 0 Å². The molecule has 2 heterocycles. The molecule has 1 aromatic carbocycles. The summed E-state index contributed by atoms with van der Waals surface area (Å²) in [4.78, 5) is 17.0. The number of nitriles is 1. The van der Waals surface area contributed by atoms with Crippen molar-refractivity contribution in [3.63, 3.8) is 0 Å². The third-order valence-electron chi connectivity index (χ3n) is 3.59. The molecular formula is C19H19N7O. The summed E-state index contributed by atoms with van der Waals surface area (Å²) in [5.74, 6) is 1.91. The van der Waals surface area contributed by atoms with E-state index in [1.165, 1.54) is 6.33 Å². The fourth-order valence-electron chi connectivity index (χ4n) is 2.34. The Kier molecular flexibility index (Phi) is 5.54. The number of anilines is 1. The van der Waals surface area contributed by atoms with E-state index in [1.807, 2.05) is 13.8 Å².